The second-order valence-electron chi connectivity index (χ2n) is 4.84. The average Bonchev–Trinajstić information content (AvgIpc) is 3.05. The van der Waals surface area contributed by atoms with E-state index in [0.717, 1.165) is 43.3 Å². The number of aromatic nitrogens is 3. The van der Waals surface area contributed by atoms with Crippen molar-refractivity contribution < 1.29 is 9.26 Å². The van der Waals surface area contributed by atoms with Crippen molar-refractivity contribution >= 4 is 0 Å². The molecule has 6 nitrogen and oxygen atoms in total. The largest absolute Gasteiger partial charge is 0.383 e. The number of rotatable bonds is 8. The first-order valence-electron chi connectivity index (χ1n) is 6.85. The molecule has 0 spiro atoms. The minimum absolute atomic E-state index is 0.690. The Kier molecular flexibility index (Phi) is 5.31. The first kappa shape index (κ1) is 14.7. The Morgan fingerprint density at radius 3 is 2.95 bits per heavy atom. The van der Waals surface area contributed by atoms with Crippen LogP contribution in [0.4, 0.5) is 0 Å². The van der Waals surface area contributed by atoms with Crippen LogP contribution in [0.1, 0.15) is 24.2 Å². The number of imidazole rings is 1. The predicted octanol–water partition coefficient (Wildman–Crippen LogP) is 1.71. The third-order valence-electron chi connectivity index (χ3n) is 3.15. The van der Waals surface area contributed by atoms with Gasteiger partial charge in [-0.1, -0.05) is 12.1 Å². The second kappa shape index (κ2) is 7.21. The molecule has 2 aromatic heterocycles. The minimum atomic E-state index is 0.690. The number of hydrogen-bond donors (Lipinski definition) is 0. The lowest BCUT2D eigenvalue weighted by Crippen LogP contribution is -2.20. The number of methoxy groups -OCH3 is 1. The highest BCUT2D eigenvalue weighted by Crippen LogP contribution is 2.09. The first-order chi connectivity index (χ1) is 9.72. The van der Waals surface area contributed by atoms with Gasteiger partial charge in [-0.05, 0) is 13.5 Å². The molecule has 0 aliphatic heterocycles. The summed E-state index contributed by atoms with van der Waals surface area (Å²) < 4.78 is 12.5. The molecule has 6 heteroatoms. The summed E-state index contributed by atoms with van der Waals surface area (Å²) in [4.78, 5) is 6.55. The van der Waals surface area contributed by atoms with Gasteiger partial charge in [0, 0.05) is 32.1 Å². The average molecular weight is 278 g/mol. The van der Waals surface area contributed by atoms with Crippen molar-refractivity contribution in [3.05, 3.63) is 35.7 Å². The molecular formula is C14H22N4O2. The van der Waals surface area contributed by atoms with E-state index < -0.39 is 0 Å². The Morgan fingerprint density at radius 2 is 2.25 bits per heavy atom. The maximum atomic E-state index is 5.30. The van der Waals surface area contributed by atoms with E-state index in [0.29, 0.717) is 6.61 Å². The van der Waals surface area contributed by atoms with Gasteiger partial charge in [0.05, 0.1) is 25.4 Å². The van der Waals surface area contributed by atoms with Crippen LogP contribution < -0.4 is 0 Å². The van der Waals surface area contributed by atoms with Crippen LogP contribution >= 0.6 is 0 Å². The van der Waals surface area contributed by atoms with Gasteiger partial charge in [0.2, 0.25) is 0 Å². The van der Waals surface area contributed by atoms with E-state index in [9.17, 15) is 0 Å². The standard InChI is InChI=1S/C14H22N4O2/c1-4-12-9-13(20-16-12)10-17(2)11-14-15-5-6-18(14)7-8-19-3/h5-6,9H,4,7-8,10-11H2,1-3H3. The summed E-state index contributed by atoms with van der Waals surface area (Å²) >= 11 is 0. The summed E-state index contributed by atoms with van der Waals surface area (Å²) in [6.45, 7) is 5.07. The van der Waals surface area contributed by atoms with Crippen molar-refractivity contribution in [3.63, 3.8) is 0 Å². The highest BCUT2D eigenvalue weighted by atomic mass is 16.5. The summed E-state index contributed by atoms with van der Waals surface area (Å²) in [5.74, 6) is 1.92. The number of hydrogen-bond acceptors (Lipinski definition) is 5. The molecule has 0 atom stereocenters. The molecule has 0 aliphatic carbocycles. The van der Waals surface area contributed by atoms with Crippen LogP contribution in [0.5, 0.6) is 0 Å². The zero-order valence-electron chi connectivity index (χ0n) is 12.4. The molecule has 0 aromatic carbocycles. The fourth-order valence-corrected chi connectivity index (χ4v) is 2.05. The summed E-state index contributed by atoms with van der Waals surface area (Å²) in [6.07, 6.45) is 4.70. The van der Waals surface area contributed by atoms with E-state index in [-0.39, 0.29) is 0 Å². The smallest absolute Gasteiger partial charge is 0.150 e. The van der Waals surface area contributed by atoms with Crippen LogP contribution in [0.2, 0.25) is 0 Å². The van der Waals surface area contributed by atoms with Gasteiger partial charge in [-0.15, -0.1) is 0 Å². The van der Waals surface area contributed by atoms with E-state index in [1.54, 1.807) is 7.11 Å². The lowest BCUT2D eigenvalue weighted by Gasteiger charge is -2.15. The Morgan fingerprint density at radius 1 is 1.40 bits per heavy atom. The summed E-state index contributed by atoms with van der Waals surface area (Å²) in [5.41, 5.74) is 0.995. The van der Waals surface area contributed by atoms with Crippen molar-refractivity contribution in [2.75, 3.05) is 20.8 Å². The zero-order valence-corrected chi connectivity index (χ0v) is 12.4. The van der Waals surface area contributed by atoms with Crippen LogP contribution in [0.15, 0.2) is 23.0 Å². The van der Waals surface area contributed by atoms with E-state index in [1.165, 1.54) is 0 Å². The Hall–Kier alpha value is -1.66. The summed E-state index contributed by atoms with van der Waals surface area (Å²) in [7, 11) is 3.75. The quantitative estimate of drug-likeness (QED) is 0.736. The molecule has 20 heavy (non-hydrogen) atoms. The van der Waals surface area contributed by atoms with Crippen LogP contribution in [0, 0.1) is 0 Å². The molecule has 2 rings (SSSR count). The van der Waals surface area contributed by atoms with Gasteiger partial charge in [-0.25, -0.2) is 4.98 Å². The molecule has 2 aromatic rings. The number of nitrogens with zero attached hydrogens (tertiary/aromatic N) is 4. The van der Waals surface area contributed by atoms with Crippen molar-refractivity contribution in [3.8, 4) is 0 Å². The maximum Gasteiger partial charge on any atom is 0.150 e. The molecular weight excluding hydrogens is 256 g/mol. The molecule has 0 aliphatic rings. The number of aryl methyl sites for hydroxylation is 1. The normalized spacial score (nSPS) is 11.4. The lowest BCUT2D eigenvalue weighted by atomic mass is 10.3. The van der Waals surface area contributed by atoms with Crippen LogP contribution in [-0.4, -0.2) is 40.4 Å². The van der Waals surface area contributed by atoms with Crippen LogP contribution in [0.3, 0.4) is 0 Å². The van der Waals surface area contributed by atoms with E-state index >= 15 is 0 Å². The fourth-order valence-electron chi connectivity index (χ4n) is 2.05. The molecule has 0 bridgehead atoms. The van der Waals surface area contributed by atoms with Gasteiger partial charge >= 0.3 is 0 Å². The van der Waals surface area contributed by atoms with Crippen molar-refractivity contribution in [2.24, 2.45) is 0 Å². The van der Waals surface area contributed by atoms with Crippen molar-refractivity contribution in [1.29, 1.82) is 0 Å². The highest BCUT2D eigenvalue weighted by Gasteiger charge is 2.10. The summed E-state index contributed by atoms with van der Waals surface area (Å²) in [6, 6.07) is 2.01. The molecule has 0 saturated carbocycles. The van der Waals surface area contributed by atoms with Gasteiger partial charge in [0.25, 0.3) is 0 Å². The van der Waals surface area contributed by atoms with E-state index in [2.05, 4.69) is 26.5 Å². The van der Waals surface area contributed by atoms with Gasteiger partial charge in [0.15, 0.2) is 5.76 Å². The van der Waals surface area contributed by atoms with Gasteiger partial charge in [0.1, 0.15) is 5.82 Å². The van der Waals surface area contributed by atoms with Crippen LogP contribution in [-0.2, 0) is 30.8 Å². The third kappa shape index (κ3) is 3.91. The monoisotopic (exact) mass is 278 g/mol. The van der Waals surface area contributed by atoms with Gasteiger partial charge < -0.3 is 13.8 Å². The Balaban J connectivity index is 1.90. The van der Waals surface area contributed by atoms with Crippen LogP contribution in [0.25, 0.3) is 0 Å². The van der Waals surface area contributed by atoms with Crippen molar-refractivity contribution in [1.82, 2.24) is 19.6 Å². The van der Waals surface area contributed by atoms with E-state index in [4.69, 9.17) is 9.26 Å². The van der Waals surface area contributed by atoms with E-state index in [1.807, 2.05) is 25.5 Å². The molecule has 2 heterocycles. The topological polar surface area (TPSA) is 56.3 Å². The third-order valence-corrected chi connectivity index (χ3v) is 3.15. The molecule has 0 unspecified atom stereocenters. The molecule has 0 amide bonds. The maximum absolute atomic E-state index is 5.30. The highest BCUT2D eigenvalue weighted by molar-refractivity contribution is 5.05. The minimum Gasteiger partial charge on any atom is -0.383 e. The van der Waals surface area contributed by atoms with Gasteiger partial charge in [-0.2, -0.15) is 0 Å². The predicted molar refractivity (Wildman–Crippen MR) is 75.2 cm³/mol. The van der Waals surface area contributed by atoms with Crippen molar-refractivity contribution in [2.45, 2.75) is 33.0 Å². The zero-order chi connectivity index (χ0) is 14.4. The molecule has 0 fully saturated rings. The SMILES string of the molecule is CCc1cc(CN(C)Cc2nccn2CCOC)on1. The number of ether oxygens (including phenoxy) is 1. The fraction of sp³-hybridized carbons (Fsp3) is 0.571. The molecule has 0 saturated heterocycles. The Bertz CT molecular complexity index is 521. The molecule has 110 valence electrons. The molecule has 0 radical (unpaired) electrons. The second-order valence-corrected chi connectivity index (χ2v) is 4.84. The first-order valence-corrected chi connectivity index (χ1v) is 6.85. The lowest BCUT2D eigenvalue weighted by molar-refractivity contribution is 0.184. The van der Waals surface area contributed by atoms with Gasteiger partial charge in [-0.3, -0.25) is 4.90 Å². The molecule has 0 N–H and O–H groups in total. The summed E-state index contributed by atoms with van der Waals surface area (Å²) in [5, 5.41) is 4.00. The Labute approximate surface area is 119 Å².